The zero-order chi connectivity index (χ0) is 40.7. The number of Topliss-reactive ketones (excluding diaryl/α,β-unsaturated/α-hetero) is 1. The summed E-state index contributed by atoms with van der Waals surface area (Å²) in [5.74, 6) is -0.0749. The average molecular weight is 785 g/mol. The minimum atomic E-state index is -1.62. The van der Waals surface area contributed by atoms with Crippen molar-refractivity contribution in [2.75, 3.05) is 13.2 Å². The molecule has 55 heavy (non-hydrogen) atoms. The van der Waals surface area contributed by atoms with Gasteiger partial charge in [0.1, 0.15) is 30.5 Å². The second kappa shape index (κ2) is 34.0. The number of rotatable bonds is 37. The molecular weight excluding hydrogens is 696 g/mol. The molecule has 9 heteroatoms. The average Bonchev–Trinajstić information content (AvgIpc) is 3.15. The van der Waals surface area contributed by atoms with E-state index in [-0.39, 0.29) is 6.61 Å². The van der Waals surface area contributed by atoms with Crippen LogP contribution in [0.25, 0.3) is 0 Å². The number of ketones is 1. The highest BCUT2D eigenvalue weighted by molar-refractivity contribution is 5.86. The van der Waals surface area contributed by atoms with Crippen LogP contribution in [0.2, 0.25) is 0 Å². The Balaban J connectivity index is 2.37. The molecule has 0 saturated carbocycles. The number of unbranched alkanes of at least 4 members (excludes halogenated alkanes) is 22. The Labute approximate surface area is 337 Å². The third kappa shape index (κ3) is 25.9. The lowest BCUT2D eigenvalue weighted by Crippen LogP contribution is -2.59. The van der Waals surface area contributed by atoms with E-state index in [2.05, 4.69) is 27.7 Å². The van der Waals surface area contributed by atoms with Crippen LogP contribution in [-0.2, 0) is 14.3 Å². The first-order valence-electron chi connectivity index (χ1n) is 23.0. The summed E-state index contributed by atoms with van der Waals surface area (Å²) in [7, 11) is 0. The van der Waals surface area contributed by atoms with Crippen LogP contribution in [-0.4, -0.2) is 92.5 Å². The number of aliphatic hydroxyl groups is 6. The molecule has 9 nitrogen and oxygen atoms in total. The van der Waals surface area contributed by atoms with E-state index in [9.17, 15) is 35.4 Å². The topological polar surface area (TPSA) is 157 Å². The molecule has 0 bridgehead atoms. The standard InChI is InChI=1S/C46H88O9/c1-36(2)30-26-22-18-14-12-10-8-6-5-7-9-11-13-15-21-25-29-33-40(49)42(50)38(35-54-46-45(53)44(52)43(51)41(34-47)55-46)39(48)32-28-24-20-17-16-19-23-27-31-37(3)4/h28,32,36-41,43-49,51-53H,5-27,29-31,33-35H2,1-4H3/b32-28+/t38-,39+,40+,41+,43-,44-,45+,46+/m0/s1. The fourth-order valence-electron chi connectivity index (χ4n) is 7.58. The van der Waals surface area contributed by atoms with E-state index >= 15 is 0 Å². The molecule has 6 N–H and O–H groups in total. The smallest absolute Gasteiger partial charge is 0.186 e. The van der Waals surface area contributed by atoms with Crippen molar-refractivity contribution in [2.24, 2.45) is 17.8 Å². The summed E-state index contributed by atoms with van der Waals surface area (Å²) in [4.78, 5) is 13.5. The van der Waals surface area contributed by atoms with Gasteiger partial charge in [0.25, 0.3) is 0 Å². The highest BCUT2D eigenvalue weighted by Gasteiger charge is 2.44. The van der Waals surface area contributed by atoms with Gasteiger partial charge in [-0.2, -0.15) is 0 Å². The van der Waals surface area contributed by atoms with Crippen LogP contribution in [0.3, 0.4) is 0 Å². The predicted molar refractivity (Wildman–Crippen MR) is 224 cm³/mol. The van der Waals surface area contributed by atoms with Crippen molar-refractivity contribution in [2.45, 2.75) is 244 Å². The number of ether oxygens (including phenoxy) is 2. The van der Waals surface area contributed by atoms with Crippen molar-refractivity contribution in [3.8, 4) is 0 Å². The lowest BCUT2D eigenvalue weighted by atomic mass is 9.91. The molecule has 0 aliphatic carbocycles. The Morgan fingerprint density at radius 2 is 0.982 bits per heavy atom. The Hall–Kier alpha value is -0.910. The quantitative estimate of drug-likeness (QED) is 0.0267. The fraction of sp³-hybridized carbons (Fsp3) is 0.935. The van der Waals surface area contributed by atoms with Crippen LogP contribution in [0.4, 0.5) is 0 Å². The summed E-state index contributed by atoms with van der Waals surface area (Å²) >= 11 is 0. The molecule has 1 aliphatic rings. The van der Waals surface area contributed by atoms with Crippen molar-refractivity contribution in [3.63, 3.8) is 0 Å². The molecule has 326 valence electrons. The molecule has 1 heterocycles. The normalized spacial score (nSPS) is 22.2. The van der Waals surface area contributed by atoms with E-state index < -0.39 is 61.2 Å². The summed E-state index contributed by atoms with van der Waals surface area (Å²) < 4.78 is 11.1. The van der Waals surface area contributed by atoms with Crippen molar-refractivity contribution < 1.29 is 44.9 Å². The lowest BCUT2D eigenvalue weighted by molar-refractivity contribution is -0.303. The molecule has 0 unspecified atom stereocenters. The maximum atomic E-state index is 13.5. The van der Waals surface area contributed by atoms with Gasteiger partial charge in [-0.05, 0) is 31.1 Å². The molecule has 1 rings (SSSR count). The van der Waals surface area contributed by atoms with Crippen molar-refractivity contribution in [1.82, 2.24) is 0 Å². The van der Waals surface area contributed by atoms with E-state index in [4.69, 9.17) is 9.47 Å². The number of allylic oxidation sites excluding steroid dienone is 1. The molecule has 0 aromatic carbocycles. The van der Waals surface area contributed by atoms with E-state index in [1.54, 1.807) is 6.08 Å². The first-order chi connectivity index (χ1) is 26.5. The number of aliphatic hydroxyl groups excluding tert-OH is 6. The molecule has 8 atom stereocenters. The van der Waals surface area contributed by atoms with Gasteiger partial charge in [-0.1, -0.05) is 194 Å². The first kappa shape index (κ1) is 52.1. The van der Waals surface area contributed by atoms with Gasteiger partial charge in [-0.25, -0.2) is 0 Å². The highest BCUT2D eigenvalue weighted by atomic mass is 16.7. The summed E-state index contributed by atoms with van der Waals surface area (Å²) in [6.07, 6.45) is 25.7. The van der Waals surface area contributed by atoms with Crippen LogP contribution in [0, 0.1) is 17.8 Å². The van der Waals surface area contributed by atoms with Crippen molar-refractivity contribution >= 4 is 5.78 Å². The SMILES string of the molecule is CC(C)CCCCCCCC/C=C/[C@@H](O)[C@H](CO[C@@H]1O[C@H](CO)[C@H](O)[C@H](O)[C@H]1O)C(=O)[C@H](O)CCCCCCCCCCCCCCCCCCCC(C)C. The van der Waals surface area contributed by atoms with Crippen LogP contribution in [0.5, 0.6) is 0 Å². The van der Waals surface area contributed by atoms with Crippen LogP contribution >= 0.6 is 0 Å². The van der Waals surface area contributed by atoms with Crippen LogP contribution in [0.15, 0.2) is 12.2 Å². The van der Waals surface area contributed by atoms with Crippen molar-refractivity contribution in [3.05, 3.63) is 12.2 Å². The molecule has 0 amide bonds. The lowest BCUT2D eigenvalue weighted by Gasteiger charge is -2.40. The Morgan fingerprint density at radius 1 is 0.582 bits per heavy atom. The van der Waals surface area contributed by atoms with Crippen molar-refractivity contribution in [1.29, 1.82) is 0 Å². The van der Waals surface area contributed by atoms with Gasteiger partial charge < -0.3 is 40.1 Å². The molecule has 1 fully saturated rings. The monoisotopic (exact) mass is 785 g/mol. The molecule has 0 spiro atoms. The van der Waals surface area contributed by atoms with E-state index in [0.717, 1.165) is 50.4 Å². The van der Waals surface area contributed by atoms with Gasteiger partial charge in [0.05, 0.1) is 25.2 Å². The summed E-state index contributed by atoms with van der Waals surface area (Å²) in [5, 5.41) is 62.1. The maximum Gasteiger partial charge on any atom is 0.186 e. The van der Waals surface area contributed by atoms with E-state index in [1.165, 1.54) is 122 Å². The minimum Gasteiger partial charge on any atom is -0.394 e. The van der Waals surface area contributed by atoms with Gasteiger partial charge in [0.15, 0.2) is 12.1 Å². The van der Waals surface area contributed by atoms with Gasteiger partial charge in [0.2, 0.25) is 0 Å². The van der Waals surface area contributed by atoms with Gasteiger partial charge in [-0.15, -0.1) is 0 Å². The molecule has 0 aromatic rings. The fourth-order valence-corrected chi connectivity index (χ4v) is 7.58. The third-order valence-corrected chi connectivity index (χ3v) is 11.4. The maximum absolute atomic E-state index is 13.5. The van der Waals surface area contributed by atoms with Gasteiger partial charge in [0, 0.05) is 0 Å². The summed E-state index contributed by atoms with van der Waals surface area (Å²) in [5.41, 5.74) is 0. The van der Waals surface area contributed by atoms with E-state index in [0.29, 0.717) is 12.8 Å². The van der Waals surface area contributed by atoms with Crippen LogP contribution < -0.4 is 0 Å². The number of hydrogen-bond donors (Lipinski definition) is 6. The molecule has 0 aromatic heterocycles. The Kier molecular flexibility index (Phi) is 32.2. The number of carbonyl (C=O) groups excluding carboxylic acids is 1. The summed E-state index contributed by atoms with van der Waals surface area (Å²) in [6, 6.07) is 0. The zero-order valence-electron chi connectivity index (χ0n) is 35.8. The number of hydrogen-bond acceptors (Lipinski definition) is 9. The molecule has 1 aliphatic heterocycles. The highest BCUT2D eigenvalue weighted by Crippen LogP contribution is 2.24. The van der Waals surface area contributed by atoms with Crippen LogP contribution in [0.1, 0.15) is 201 Å². The number of carbonyl (C=O) groups is 1. The largest absolute Gasteiger partial charge is 0.394 e. The third-order valence-electron chi connectivity index (χ3n) is 11.4. The Morgan fingerprint density at radius 3 is 1.40 bits per heavy atom. The minimum absolute atomic E-state index is 0.293. The molecular formula is C46H88O9. The summed E-state index contributed by atoms with van der Waals surface area (Å²) in [6.45, 7) is 8.15. The predicted octanol–water partition coefficient (Wildman–Crippen LogP) is 9.11. The first-order valence-corrected chi connectivity index (χ1v) is 23.0. The molecule has 0 radical (unpaired) electrons. The van der Waals surface area contributed by atoms with Gasteiger partial charge >= 0.3 is 0 Å². The second-order valence-corrected chi connectivity index (χ2v) is 17.5. The van der Waals surface area contributed by atoms with Gasteiger partial charge in [-0.3, -0.25) is 4.79 Å². The van der Waals surface area contributed by atoms with E-state index in [1.807, 2.05) is 6.08 Å². The zero-order valence-corrected chi connectivity index (χ0v) is 35.8. The second-order valence-electron chi connectivity index (χ2n) is 17.5. The Bertz CT molecular complexity index is 910. The molecule has 1 saturated heterocycles.